The fourth-order valence-corrected chi connectivity index (χ4v) is 2.46. The van der Waals surface area contributed by atoms with Gasteiger partial charge in [0.15, 0.2) is 11.5 Å². The zero-order valence-electron chi connectivity index (χ0n) is 11.8. The predicted molar refractivity (Wildman–Crippen MR) is 78.8 cm³/mol. The van der Waals surface area contributed by atoms with Crippen LogP contribution in [0.4, 0.5) is 0 Å². The number of nitrogens with zero attached hydrogens (tertiary/aromatic N) is 1. The Morgan fingerprint density at radius 3 is 2.25 bits per heavy atom. The van der Waals surface area contributed by atoms with E-state index < -0.39 is 0 Å². The van der Waals surface area contributed by atoms with Gasteiger partial charge in [-0.05, 0) is 17.7 Å². The molecule has 5 nitrogen and oxygen atoms in total. The molecule has 0 unspecified atom stereocenters. The van der Waals surface area contributed by atoms with Crippen molar-refractivity contribution in [2.75, 3.05) is 21.3 Å². The number of aromatic nitrogens is 1. The quantitative estimate of drug-likeness (QED) is 0.850. The molecule has 0 bridgehead atoms. The van der Waals surface area contributed by atoms with E-state index in [4.69, 9.17) is 14.2 Å². The van der Waals surface area contributed by atoms with E-state index in [1.165, 1.54) is 4.88 Å². The van der Waals surface area contributed by atoms with Crippen molar-refractivity contribution in [1.29, 1.82) is 0 Å². The highest BCUT2D eigenvalue weighted by molar-refractivity contribution is 7.09. The minimum atomic E-state index is 0.612. The molecule has 0 aliphatic rings. The van der Waals surface area contributed by atoms with Crippen LogP contribution in [0.1, 0.15) is 10.4 Å². The van der Waals surface area contributed by atoms with E-state index in [9.17, 15) is 0 Å². The van der Waals surface area contributed by atoms with Crippen LogP contribution >= 0.6 is 11.3 Å². The Balaban J connectivity index is 2.07. The molecule has 1 heterocycles. The summed E-state index contributed by atoms with van der Waals surface area (Å²) in [5.41, 5.74) is 2.90. The Hall–Kier alpha value is -1.79. The van der Waals surface area contributed by atoms with Gasteiger partial charge >= 0.3 is 0 Å². The fourth-order valence-electron chi connectivity index (χ4n) is 1.90. The Bertz CT molecular complexity index is 518. The number of hydrogen-bond donors (Lipinski definition) is 1. The van der Waals surface area contributed by atoms with Crippen molar-refractivity contribution in [3.63, 3.8) is 0 Å². The number of methoxy groups -OCH3 is 3. The van der Waals surface area contributed by atoms with E-state index in [0.717, 1.165) is 12.1 Å². The van der Waals surface area contributed by atoms with E-state index in [1.54, 1.807) is 32.7 Å². The maximum Gasteiger partial charge on any atom is 0.203 e. The highest BCUT2D eigenvalue weighted by atomic mass is 32.1. The van der Waals surface area contributed by atoms with Crippen molar-refractivity contribution in [3.8, 4) is 17.2 Å². The molecule has 0 aliphatic heterocycles. The number of nitrogens with one attached hydrogen (secondary N) is 1. The van der Waals surface area contributed by atoms with Gasteiger partial charge in [0.25, 0.3) is 0 Å². The van der Waals surface area contributed by atoms with Crippen LogP contribution in [0.3, 0.4) is 0 Å². The Labute approximate surface area is 122 Å². The number of benzene rings is 1. The normalized spacial score (nSPS) is 10.3. The lowest BCUT2D eigenvalue weighted by molar-refractivity contribution is 0.323. The molecule has 0 saturated heterocycles. The summed E-state index contributed by atoms with van der Waals surface area (Å²) >= 11 is 1.64. The smallest absolute Gasteiger partial charge is 0.203 e. The van der Waals surface area contributed by atoms with Gasteiger partial charge in [0, 0.05) is 24.2 Å². The van der Waals surface area contributed by atoms with Crippen LogP contribution in [0.25, 0.3) is 0 Å². The molecular formula is C14H18N2O3S. The van der Waals surface area contributed by atoms with Gasteiger partial charge in [0.05, 0.1) is 26.8 Å². The molecule has 0 aliphatic carbocycles. The standard InChI is InChI=1S/C14H18N2O3S/c1-17-12-4-10(5-13(18-2)14(12)19-3)6-15-7-11-8-16-9-20-11/h4-5,8-9,15H,6-7H2,1-3H3. The van der Waals surface area contributed by atoms with Gasteiger partial charge in [-0.3, -0.25) is 4.98 Å². The summed E-state index contributed by atoms with van der Waals surface area (Å²) in [4.78, 5) is 5.25. The zero-order chi connectivity index (χ0) is 14.4. The molecule has 1 aromatic carbocycles. The van der Waals surface area contributed by atoms with Gasteiger partial charge in [-0.2, -0.15) is 0 Å². The first-order valence-corrected chi connectivity index (χ1v) is 7.03. The Kier molecular flexibility index (Phi) is 5.20. The van der Waals surface area contributed by atoms with Gasteiger partial charge < -0.3 is 19.5 Å². The average molecular weight is 294 g/mol. The monoisotopic (exact) mass is 294 g/mol. The number of thiazole rings is 1. The fraction of sp³-hybridized carbons (Fsp3) is 0.357. The molecule has 0 radical (unpaired) electrons. The van der Waals surface area contributed by atoms with Crippen molar-refractivity contribution in [1.82, 2.24) is 10.3 Å². The Morgan fingerprint density at radius 2 is 1.75 bits per heavy atom. The average Bonchev–Trinajstić information content (AvgIpc) is 2.99. The summed E-state index contributed by atoms with van der Waals surface area (Å²) in [5, 5.41) is 3.36. The van der Waals surface area contributed by atoms with Gasteiger partial charge in [-0.15, -0.1) is 11.3 Å². The molecule has 108 valence electrons. The molecular weight excluding hydrogens is 276 g/mol. The molecule has 1 aromatic heterocycles. The second kappa shape index (κ2) is 7.12. The lowest BCUT2D eigenvalue weighted by Crippen LogP contribution is -2.12. The lowest BCUT2D eigenvalue weighted by Gasteiger charge is -2.14. The first-order chi connectivity index (χ1) is 9.78. The molecule has 2 aromatic rings. The predicted octanol–water partition coefficient (Wildman–Crippen LogP) is 2.46. The second-order valence-electron chi connectivity index (χ2n) is 4.10. The molecule has 0 atom stereocenters. The third kappa shape index (κ3) is 3.40. The summed E-state index contributed by atoms with van der Waals surface area (Å²) in [5.74, 6) is 1.95. The summed E-state index contributed by atoms with van der Waals surface area (Å²) in [6.45, 7) is 1.51. The summed E-state index contributed by atoms with van der Waals surface area (Å²) in [6.07, 6.45) is 1.87. The van der Waals surface area contributed by atoms with Crippen LogP contribution in [-0.2, 0) is 13.1 Å². The molecule has 0 amide bonds. The highest BCUT2D eigenvalue weighted by Crippen LogP contribution is 2.38. The molecule has 0 fully saturated rings. The number of hydrogen-bond acceptors (Lipinski definition) is 6. The van der Waals surface area contributed by atoms with E-state index in [2.05, 4.69) is 10.3 Å². The first kappa shape index (κ1) is 14.6. The van der Waals surface area contributed by atoms with Gasteiger partial charge in [0.1, 0.15) is 0 Å². The summed E-state index contributed by atoms with van der Waals surface area (Å²) < 4.78 is 16.0. The SMILES string of the molecule is COc1cc(CNCc2cncs2)cc(OC)c1OC. The summed E-state index contributed by atoms with van der Waals surface area (Å²) in [7, 11) is 4.83. The largest absolute Gasteiger partial charge is 0.493 e. The van der Waals surface area contributed by atoms with Crippen LogP contribution < -0.4 is 19.5 Å². The van der Waals surface area contributed by atoms with E-state index in [0.29, 0.717) is 23.8 Å². The third-order valence-corrected chi connectivity index (χ3v) is 3.62. The first-order valence-electron chi connectivity index (χ1n) is 6.15. The third-order valence-electron chi connectivity index (χ3n) is 2.84. The van der Waals surface area contributed by atoms with Gasteiger partial charge in [-0.25, -0.2) is 0 Å². The van der Waals surface area contributed by atoms with E-state index in [1.807, 2.05) is 23.8 Å². The van der Waals surface area contributed by atoms with Crippen LogP contribution in [0.5, 0.6) is 17.2 Å². The lowest BCUT2D eigenvalue weighted by atomic mass is 10.1. The second-order valence-corrected chi connectivity index (χ2v) is 5.08. The van der Waals surface area contributed by atoms with Crippen molar-refractivity contribution < 1.29 is 14.2 Å². The van der Waals surface area contributed by atoms with Crippen LogP contribution in [0, 0.1) is 0 Å². The van der Waals surface area contributed by atoms with Crippen molar-refractivity contribution in [3.05, 3.63) is 34.3 Å². The molecule has 0 saturated carbocycles. The molecule has 0 spiro atoms. The maximum absolute atomic E-state index is 5.33. The summed E-state index contributed by atoms with van der Waals surface area (Å²) in [6, 6.07) is 3.89. The molecule has 1 N–H and O–H groups in total. The Morgan fingerprint density at radius 1 is 1.05 bits per heavy atom. The van der Waals surface area contributed by atoms with Crippen LogP contribution in [0.15, 0.2) is 23.8 Å². The zero-order valence-corrected chi connectivity index (χ0v) is 12.6. The highest BCUT2D eigenvalue weighted by Gasteiger charge is 2.12. The van der Waals surface area contributed by atoms with Crippen molar-refractivity contribution in [2.24, 2.45) is 0 Å². The van der Waals surface area contributed by atoms with Gasteiger partial charge in [0.2, 0.25) is 5.75 Å². The van der Waals surface area contributed by atoms with Crippen LogP contribution in [0.2, 0.25) is 0 Å². The molecule has 20 heavy (non-hydrogen) atoms. The molecule has 6 heteroatoms. The maximum atomic E-state index is 5.33. The van der Waals surface area contributed by atoms with E-state index in [-0.39, 0.29) is 0 Å². The topological polar surface area (TPSA) is 52.6 Å². The number of ether oxygens (including phenoxy) is 3. The van der Waals surface area contributed by atoms with Crippen molar-refractivity contribution >= 4 is 11.3 Å². The molecule has 2 rings (SSSR count). The number of rotatable bonds is 7. The van der Waals surface area contributed by atoms with E-state index >= 15 is 0 Å². The minimum absolute atomic E-state index is 0.612. The van der Waals surface area contributed by atoms with Gasteiger partial charge in [-0.1, -0.05) is 0 Å². The minimum Gasteiger partial charge on any atom is -0.493 e. The van der Waals surface area contributed by atoms with Crippen molar-refractivity contribution in [2.45, 2.75) is 13.1 Å². The van der Waals surface area contributed by atoms with Crippen LogP contribution in [-0.4, -0.2) is 26.3 Å².